The molecule has 2 aliphatic rings. The van der Waals surface area contributed by atoms with Gasteiger partial charge in [0.15, 0.2) is 0 Å². The van der Waals surface area contributed by atoms with E-state index < -0.39 is 17.6 Å². The van der Waals surface area contributed by atoms with E-state index in [-0.39, 0.29) is 0 Å². The number of nitrogens with one attached hydrogen (secondary N) is 1. The van der Waals surface area contributed by atoms with Crippen LogP contribution in [0.5, 0.6) is 0 Å². The average molecular weight is 330 g/mol. The van der Waals surface area contributed by atoms with Crippen molar-refractivity contribution in [2.24, 2.45) is 5.92 Å². The van der Waals surface area contributed by atoms with Gasteiger partial charge in [-0.3, -0.25) is 4.90 Å². The molecule has 0 saturated carbocycles. The molecule has 1 aromatic rings. The van der Waals surface area contributed by atoms with Gasteiger partial charge in [0, 0.05) is 12.6 Å². The Morgan fingerprint density at radius 1 is 1.09 bits per heavy atom. The smallest absolute Gasteiger partial charge is 0.314 e. The van der Waals surface area contributed by atoms with Crippen molar-refractivity contribution in [3.8, 4) is 0 Å². The fourth-order valence-electron chi connectivity index (χ4n) is 3.79. The SMILES string of the molecule is Fc1cc(CN2CCC(C3CCCN3)CC2)cc(C(F)(F)F)c1. The van der Waals surface area contributed by atoms with E-state index in [1.807, 2.05) is 0 Å². The molecule has 1 N–H and O–H groups in total. The number of hydrogen-bond donors (Lipinski definition) is 1. The lowest BCUT2D eigenvalue weighted by atomic mass is 9.88. The molecule has 2 nitrogen and oxygen atoms in total. The van der Waals surface area contributed by atoms with Gasteiger partial charge in [-0.2, -0.15) is 13.2 Å². The minimum absolute atomic E-state index is 0.381. The Morgan fingerprint density at radius 2 is 1.83 bits per heavy atom. The second-order valence-corrected chi connectivity index (χ2v) is 6.66. The lowest BCUT2D eigenvalue weighted by Gasteiger charge is -2.35. The highest BCUT2D eigenvalue weighted by Gasteiger charge is 2.32. The highest BCUT2D eigenvalue weighted by Crippen LogP contribution is 2.31. The Labute approximate surface area is 133 Å². The van der Waals surface area contributed by atoms with Gasteiger partial charge in [-0.15, -0.1) is 0 Å². The molecule has 0 amide bonds. The van der Waals surface area contributed by atoms with E-state index in [9.17, 15) is 17.6 Å². The number of hydrogen-bond acceptors (Lipinski definition) is 2. The number of likely N-dealkylation sites (tertiary alicyclic amines) is 1. The maximum Gasteiger partial charge on any atom is 0.416 e. The first-order valence-corrected chi connectivity index (χ1v) is 8.24. The first-order valence-electron chi connectivity index (χ1n) is 8.24. The van der Waals surface area contributed by atoms with Crippen LogP contribution in [0.3, 0.4) is 0 Å². The number of nitrogens with zero attached hydrogens (tertiary/aromatic N) is 1. The zero-order chi connectivity index (χ0) is 16.4. The molecule has 2 saturated heterocycles. The highest BCUT2D eigenvalue weighted by molar-refractivity contribution is 5.26. The lowest BCUT2D eigenvalue weighted by molar-refractivity contribution is -0.137. The third-order valence-corrected chi connectivity index (χ3v) is 4.99. The molecule has 2 aliphatic heterocycles. The summed E-state index contributed by atoms with van der Waals surface area (Å²) in [5.41, 5.74) is -0.507. The lowest BCUT2D eigenvalue weighted by Crippen LogP contribution is -2.40. The zero-order valence-electron chi connectivity index (χ0n) is 13.0. The summed E-state index contributed by atoms with van der Waals surface area (Å²) in [6.07, 6.45) is 0.0636. The summed E-state index contributed by atoms with van der Waals surface area (Å²) < 4.78 is 51.7. The summed E-state index contributed by atoms with van der Waals surface area (Å²) in [5, 5.41) is 3.53. The first-order chi connectivity index (χ1) is 10.9. The summed E-state index contributed by atoms with van der Waals surface area (Å²) in [4.78, 5) is 2.13. The zero-order valence-corrected chi connectivity index (χ0v) is 13.0. The minimum atomic E-state index is -4.50. The van der Waals surface area contributed by atoms with Crippen LogP contribution in [0.1, 0.15) is 36.8 Å². The molecule has 2 heterocycles. The third-order valence-electron chi connectivity index (χ3n) is 4.99. The molecule has 3 rings (SSSR count). The summed E-state index contributed by atoms with van der Waals surface area (Å²) in [5.74, 6) is -0.160. The minimum Gasteiger partial charge on any atom is -0.314 e. The molecule has 0 aliphatic carbocycles. The topological polar surface area (TPSA) is 15.3 Å². The van der Waals surface area contributed by atoms with Crippen LogP contribution < -0.4 is 5.32 Å². The molecular weight excluding hydrogens is 308 g/mol. The number of piperidine rings is 1. The quantitative estimate of drug-likeness (QED) is 0.848. The largest absolute Gasteiger partial charge is 0.416 e. The van der Waals surface area contributed by atoms with Crippen molar-refractivity contribution >= 4 is 0 Å². The summed E-state index contributed by atoms with van der Waals surface area (Å²) in [6.45, 7) is 3.20. The van der Waals surface area contributed by atoms with Gasteiger partial charge >= 0.3 is 6.18 Å². The Balaban J connectivity index is 1.59. The van der Waals surface area contributed by atoms with E-state index in [1.54, 1.807) is 0 Å². The molecule has 23 heavy (non-hydrogen) atoms. The normalized spacial score (nSPS) is 24.3. The van der Waals surface area contributed by atoms with Crippen LogP contribution in [-0.2, 0) is 12.7 Å². The highest BCUT2D eigenvalue weighted by atomic mass is 19.4. The van der Waals surface area contributed by atoms with Crippen LogP contribution >= 0.6 is 0 Å². The molecule has 0 radical (unpaired) electrons. The second kappa shape index (κ2) is 6.77. The van der Waals surface area contributed by atoms with Gasteiger partial charge in [-0.25, -0.2) is 4.39 Å². The molecule has 2 fully saturated rings. The van der Waals surface area contributed by atoms with Gasteiger partial charge in [-0.1, -0.05) is 0 Å². The number of benzene rings is 1. The van der Waals surface area contributed by atoms with Crippen molar-refractivity contribution in [2.75, 3.05) is 19.6 Å². The number of halogens is 4. The van der Waals surface area contributed by atoms with Crippen molar-refractivity contribution in [2.45, 2.75) is 44.4 Å². The maximum atomic E-state index is 13.5. The predicted molar refractivity (Wildman–Crippen MR) is 80.4 cm³/mol. The molecule has 1 unspecified atom stereocenters. The van der Waals surface area contributed by atoms with E-state index in [0.717, 1.165) is 38.5 Å². The van der Waals surface area contributed by atoms with Gasteiger partial charge in [0.2, 0.25) is 0 Å². The molecule has 1 atom stereocenters. The van der Waals surface area contributed by atoms with Gasteiger partial charge in [0.25, 0.3) is 0 Å². The molecule has 0 aromatic heterocycles. The van der Waals surface area contributed by atoms with Gasteiger partial charge in [-0.05, 0) is 75.0 Å². The van der Waals surface area contributed by atoms with Crippen LogP contribution in [-0.4, -0.2) is 30.6 Å². The maximum absolute atomic E-state index is 13.5. The van der Waals surface area contributed by atoms with Gasteiger partial charge < -0.3 is 5.32 Å². The molecule has 128 valence electrons. The van der Waals surface area contributed by atoms with Crippen LogP contribution in [0, 0.1) is 11.7 Å². The Kier molecular flexibility index (Phi) is 4.92. The molecule has 0 spiro atoms. The van der Waals surface area contributed by atoms with Crippen LogP contribution in [0.25, 0.3) is 0 Å². The Hall–Kier alpha value is -1.14. The molecular formula is C17H22F4N2. The first kappa shape index (κ1) is 16.7. The van der Waals surface area contributed by atoms with Crippen molar-refractivity contribution in [3.63, 3.8) is 0 Å². The fraction of sp³-hybridized carbons (Fsp3) is 0.647. The molecule has 6 heteroatoms. The Bertz CT molecular complexity index is 530. The Morgan fingerprint density at radius 3 is 2.43 bits per heavy atom. The molecule has 1 aromatic carbocycles. The molecule has 0 bridgehead atoms. The van der Waals surface area contributed by atoms with Crippen molar-refractivity contribution in [1.29, 1.82) is 0 Å². The van der Waals surface area contributed by atoms with Crippen molar-refractivity contribution in [1.82, 2.24) is 10.2 Å². The van der Waals surface area contributed by atoms with E-state index in [2.05, 4.69) is 10.2 Å². The van der Waals surface area contributed by atoms with E-state index in [4.69, 9.17) is 0 Å². The van der Waals surface area contributed by atoms with Crippen molar-refractivity contribution < 1.29 is 17.6 Å². The standard InChI is InChI=1S/C17H22F4N2/c18-15-9-12(8-14(10-15)17(19,20)21)11-23-6-3-13(4-7-23)16-2-1-5-22-16/h8-10,13,16,22H,1-7,11H2. The monoisotopic (exact) mass is 330 g/mol. The second-order valence-electron chi connectivity index (χ2n) is 6.66. The van der Waals surface area contributed by atoms with Crippen LogP contribution in [0.4, 0.5) is 17.6 Å². The van der Waals surface area contributed by atoms with Gasteiger partial charge in [0.05, 0.1) is 5.56 Å². The fourth-order valence-corrected chi connectivity index (χ4v) is 3.79. The summed E-state index contributed by atoms with van der Waals surface area (Å²) in [7, 11) is 0. The third kappa shape index (κ3) is 4.23. The van der Waals surface area contributed by atoms with Gasteiger partial charge in [0.1, 0.15) is 5.82 Å². The number of rotatable bonds is 3. The number of alkyl halides is 3. The predicted octanol–water partition coefficient (Wildman–Crippen LogP) is 3.81. The van der Waals surface area contributed by atoms with Crippen LogP contribution in [0.2, 0.25) is 0 Å². The van der Waals surface area contributed by atoms with E-state index >= 15 is 0 Å². The van der Waals surface area contributed by atoms with E-state index in [0.29, 0.717) is 30.1 Å². The van der Waals surface area contributed by atoms with Crippen LogP contribution in [0.15, 0.2) is 18.2 Å². The summed E-state index contributed by atoms with van der Waals surface area (Å²) in [6, 6.07) is 3.43. The summed E-state index contributed by atoms with van der Waals surface area (Å²) >= 11 is 0. The van der Waals surface area contributed by atoms with Crippen molar-refractivity contribution in [3.05, 3.63) is 35.1 Å². The average Bonchev–Trinajstić information content (AvgIpc) is 3.01. The van der Waals surface area contributed by atoms with E-state index in [1.165, 1.54) is 18.9 Å².